The molecule has 0 spiro atoms. The minimum absolute atomic E-state index is 0.166. The molecule has 0 atom stereocenters. The van der Waals surface area contributed by atoms with Gasteiger partial charge in [0.25, 0.3) is 5.91 Å². The molecule has 0 saturated carbocycles. The average Bonchev–Trinajstić information content (AvgIpc) is 3.42. The van der Waals surface area contributed by atoms with Crippen molar-refractivity contribution in [3.63, 3.8) is 0 Å². The first-order valence-electron chi connectivity index (χ1n) is 13.1. The van der Waals surface area contributed by atoms with Crippen molar-refractivity contribution in [3.8, 4) is 28.3 Å². The van der Waals surface area contributed by atoms with E-state index in [0.717, 1.165) is 17.0 Å². The molecule has 3 heterocycles. The van der Waals surface area contributed by atoms with Gasteiger partial charge in [-0.2, -0.15) is 5.10 Å². The Morgan fingerprint density at radius 1 is 0.872 bits per heavy atom. The van der Waals surface area contributed by atoms with Crippen LogP contribution in [0.2, 0.25) is 0 Å². The van der Waals surface area contributed by atoms with Crippen LogP contribution in [0.1, 0.15) is 17.4 Å². The Morgan fingerprint density at radius 3 is 2.36 bits per heavy atom. The van der Waals surface area contributed by atoms with Crippen molar-refractivity contribution in [2.24, 2.45) is 0 Å². The van der Waals surface area contributed by atoms with E-state index in [9.17, 15) is 9.18 Å². The third kappa shape index (κ3) is 4.81. The van der Waals surface area contributed by atoms with Crippen molar-refractivity contribution >= 4 is 17.2 Å². The summed E-state index contributed by atoms with van der Waals surface area (Å²) in [6.45, 7) is 4.96. The number of fused-ring (bicyclic) bond motifs is 1. The highest BCUT2D eigenvalue weighted by molar-refractivity contribution is 5.94. The summed E-state index contributed by atoms with van der Waals surface area (Å²) in [5, 5.41) is 4.74. The van der Waals surface area contributed by atoms with Gasteiger partial charge in [0.05, 0.1) is 23.7 Å². The molecule has 0 bridgehead atoms. The van der Waals surface area contributed by atoms with Gasteiger partial charge in [-0.1, -0.05) is 54.6 Å². The van der Waals surface area contributed by atoms with E-state index in [1.807, 2.05) is 72.5 Å². The SMILES string of the molecule is CCOc1ccccc1N1CCN(C(=O)c2cc(-c3ccccc3F)nc3cc(-c4ccccc4)nn23)CC1. The molecular formula is C31H28FN5O2. The first-order valence-corrected chi connectivity index (χ1v) is 13.1. The summed E-state index contributed by atoms with van der Waals surface area (Å²) in [4.78, 5) is 22.7. The van der Waals surface area contributed by atoms with Gasteiger partial charge in [0.15, 0.2) is 5.65 Å². The molecule has 0 radical (unpaired) electrons. The van der Waals surface area contributed by atoms with Gasteiger partial charge in [0.2, 0.25) is 0 Å². The summed E-state index contributed by atoms with van der Waals surface area (Å²) < 4.78 is 22.1. The molecule has 6 rings (SSSR count). The number of para-hydroxylation sites is 2. The summed E-state index contributed by atoms with van der Waals surface area (Å²) in [7, 11) is 0. The quantitative estimate of drug-likeness (QED) is 0.293. The Labute approximate surface area is 226 Å². The largest absolute Gasteiger partial charge is 0.492 e. The highest BCUT2D eigenvalue weighted by Crippen LogP contribution is 2.30. The number of nitrogens with zero attached hydrogens (tertiary/aromatic N) is 5. The van der Waals surface area contributed by atoms with Crippen LogP contribution in [0.3, 0.4) is 0 Å². The molecule has 0 N–H and O–H groups in total. The standard InChI is InChI=1S/C31H28FN5O2/c1-2-39-29-15-9-8-14-27(29)35-16-18-36(19-17-35)31(38)28-20-26(23-12-6-7-13-24(23)32)33-30-21-25(34-37(28)30)22-10-4-3-5-11-22/h3-15,20-21H,2,16-19H2,1H3. The van der Waals surface area contributed by atoms with Crippen LogP contribution in [0.5, 0.6) is 5.75 Å². The van der Waals surface area contributed by atoms with E-state index < -0.39 is 5.82 Å². The summed E-state index contributed by atoms with van der Waals surface area (Å²) in [6.07, 6.45) is 0. The monoisotopic (exact) mass is 521 g/mol. The molecule has 1 aliphatic heterocycles. The normalized spacial score (nSPS) is 13.6. The lowest BCUT2D eigenvalue weighted by molar-refractivity contribution is 0.0737. The number of aromatic nitrogens is 3. The maximum Gasteiger partial charge on any atom is 0.272 e. The fourth-order valence-corrected chi connectivity index (χ4v) is 4.99. The number of hydrogen-bond acceptors (Lipinski definition) is 5. The van der Waals surface area contributed by atoms with Gasteiger partial charge in [-0.05, 0) is 37.3 Å². The third-order valence-corrected chi connectivity index (χ3v) is 6.94. The Morgan fingerprint density at radius 2 is 1.59 bits per heavy atom. The van der Waals surface area contributed by atoms with E-state index >= 15 is 0 Å². The lowest BCUT2D eigenvalue weighted by Crippen LogP contribution is -2.49. The number of anilines is 1. The number of hydrogen-bond donors (Lipinski definition) is 0. The van der Waals surface area contributed by atoms with Crippen LogP contribution in [-0.4, -0.2) is 58.2 Å². The Balaban J connectivity index is 1.34. The lowest BCUT2D eigenvalue weighted by atomic mass is 10.1. The van der Waals surface area contributed by atoms with Crippen LogP contribution in [0.15, 0.2) is 91.0 Å². The second-order valence-corrected chi connectivity index (χ2v) is 9.35. The lowest BCUT2D eigenvalue weighted by Gasteiger charge is -2.36. The van der Waals surface area contributed by atoms with Crippen molar-refractivity contribution in [1.82, 2.24) is 19.5 Å². The first-order chi connectivity index (χ1) is 19.1. The second kappa shape index (κ2) is 10.6. The van der Waals surface area contributed by atoms with Crippen molar-refractivity contribution in [2.45, 2.75) is 6.92 Å². The van der Waals surface area contributed by atoms with Gasteiger partial charge in [-0.25, -0.2) is 13.9 Å². The summed E-state index contributed by atoms with van der Waals surface area (Å²) in [6, 6.07) is 27.6. The summed E-state index contributed by atoms with van der Waals surface area (Å²) in [5.74, 6) is 0.285. The molecule has 0 aliphatic carbocycles. The molecular weight excluding hydrogens is 493 g/mol. The number of piperazine rings is 1. The molecule has 7 nitrogen and oxygen atoms in total. The Bertz CT molecular complexity index is 1630. The predicted molar refractivity (Wildman–Crippen MR) is 150 cm³/mol. The number of ether oxygens (including phenoxy) is 1. The summed E-state index contributed by atoms with van der Waals surface area (Å²) in [5.41, 5.74) is 4.21. The van der Waals surface area contributed by atoms with Crippen LogP contribution in [-0.2, 0) is 0 Å². The molecule has 1 aliphatic rings. The van der Waals surface area contributed by atoms with E-state index in [2.05, 4.69) is 9.88 Å². The van der Waals surface area contributed by atoms with Crippen molar-refractivity contribution in [3.05, 3.63) is 103 Å². The van der Waals surface area contributed by atoms with Crippen LogP contribution in [0.4, 0.5) is 10.1 Å². The van der Waals surface area contributed by atoms with E-state index in [-0.39, 0.29) is 5.91 Å². The molecule has 39 heavy (non-hydrogen) atoms. The van der Waals surface area contributed by atoms with Crippen LogP contribution < -0.4 is 9.64 Å². The Hall–Kier alpha value is -4.72. The number of carbonyl (C=O) groups is 1. The second-order valence-electron chi connectivity index (χ2n) is 9.35. The summed E-state index contributed by atoms with van der Waals surface area (Å²) >= 11 is 0. The van der Waals surface area contributed by atoms with Gasteiger partial charge in [0.1, 0.15) is 17.3 Å². The third-order valence-electron chi connectivity index (χ3n) is 6.94. The zero-order valence-corrected chi connectivity index (χ0v) is 21.6. The fraction of sp³-hybridized carbons (Fsp3) is 0.194. The highest BCUT2D eigenvalue weighted by Gasteiger charge is 2.27. The maximum absolute atomic E-state index is 14.8. The molecule has 196 valence electrons. The molecule has 1 amide bonds. The minimum Gasteiger partial charge on any atom is -0.492 e. The van der Waals surface area contributed by atoms with Gasteiger partial charge in [0, 0.05) is 43.4 Å². The number of benzene rings is 3. The molecule has 5 aromatic rings. The number of rotatable bonds is 6. The topological polar surface area (TPSA) is 63.0 Å². The Kier molecular flexibility index (Phi) is 6.67. The van der Waals surface area contributed by atoms with Crippen molar-refractivity contribution in [2.75, 3.05) is 37.7 Å². The van der Waals surface area contributed by atoms with E-state index in [0.29, 0.717) is 61.1 Å². The zero-order valence-electron chi connectivity index (χ0n) is 21.6. The smallest absolute Gasteiger partial charge is 0.272 e. The van der Waals surface area contributed by atoms with Crippen LogP contribution >= 0.6 is 0 Å². The fourth-order valence-electron chi connectivity index (χ4n) is 4.99. The molecule has 3 aromatic carbocycles. The number of amides is 1. The van der Waals surface area contributed by atoms with Crippen LogP contribution in [0.25, 0.3) is 28.2 Å². The van der Waals surface area contributed by atoms with Gasteiger partial charge in [-0.15, -0.1) is 0 Å². The number of halogens is 1. The molecule has 8 heteroatoms. The maximum atomic E-state index is 14.8. The highest BCUT2D eigenvalue weighted by atomic mass is 19.1. The number of carbonyl (C=O) groups excluding carboxylic acids is 1. The van der Waals surface area contributed by atoms with Crippen molar-refractivity contribution in [1.29, 1.82) is 0 Å². The van der Waals surface area contributed by atoms with E-state index in [1.165, 1.54) is 6.07 Å². The molecule has 1 fully saturated rings. The first kappa shape index (κ1) is 24.6. The van der Waals surface area contributed by atoms with Crippen LogP contribution in [0, 0.1) is 5.82 Å². The van der Waals surface area contributed by atoms with Gasteiger partial charge >= 0.3 is 0 Å². The van der Waals surface area contributed by atoms with E-state index in [1.54, 1.807) is 28.8 Å². The van der Waals surface area contributed by atoms with Crippen molar-refractivity contribution < 1.29 is 13.9 Å². The molecule has 2 aromatic heterocycles. The molecule has 0 unspecified atom stereocenters. The zero-order chi connectivity index (χ0) is 26.8. The average molecular weight is 522 g/mol. The van der Waals surface area contributed by atoms with Gasteiger partial charge < -0.3 is 14.5 Å². The van der Waals surface area contributed by atoms with Gasteiger partial charge in [-0.3, -0.25) is 4.79 Å². The predicted octanol–water partition coefficient (Wildman–Crippen LogP) is 5.56. The minimum atomic E-state index is -0.392. The molecule has 1 saturated heterocycles. The van der Waals surface area contributed by atoms with E-state index in [4.69, 9.17) is 9.84 Å².